The maximum atomic E-state index is 13.1. The van der Waals surface area contributed by atoms with Gasteiger partial charge in [0.15, 0.2) is 0 Å². The Morgan fingerprint density at radius 3 is 2.42 bits per heavy atom. The third-order valence-electron chi connectivity index (χ3n) is 7.02. The number of aliphatic imine (C=N–C) groups is 1. The summed E-state index contributed by atoms with van der Waals surface area (Å²) in [6.07, 6.45) is 1.03. The fourth-order valence-electron chi connectivity index (χ4n) is 4.52. The highest BCUT2D eigenvalue weighted by Gasteiger charge is 2.31. The molecule has 50 heavy (non-hydrogen) atoms. The molecule has 1 heterocycles. The third kappa shape index (κ3) is 10.5. The lowest BCUT2D eigenvalue weighted by atomic mass is 10.1. The summed E-state index contributed by atoms with van der Waals surface area (Å²) in [6.45, 7) is 8.98. The minimum atomic E-state index is -4.60. The first-order valence-corrected chi connectivity index (χ1v) is 15.0. The van der Waals surface area contributed by atoms with Crippen LogP contribution in [0.25, 0.3) is 0 Å². The van der Waals surface area contributed by atoms with Gasteiger partial charge in [-0.1, -0.05) is 31.4 Å². The molecule has 0 aliphatic heterocycles. The molecule has 12 nitrogen and oxygen atoms in total. The van der Waals surface area contributed by atoms with Crippen LogP contribution in [-0.2, 0) is 22.2 Å². The second-order valence-electron chi connectivity index (χ2n) is 10.8. The minimum absolute atomic E-state index is 0.0835. The summed E-state index contributed by atoms with van der Waals surface area (Å²) in [4.78, 5) is 61.5. The van der Waals surface area contributed by atoms with E-state index < -0.39 is 41.4 Å². The minimum Gasteiger partial charge on any atom is -0.366 e. The molecule has 4 rings (SSSR count). The van der Waals surface area contributed by atoms with Crippen LogP contribution < -0.4 is 26.6 Å². The van der Waals surface area contributed by atoms with Crippen molar-refractivity contribution in [3.05, 3.63) is 132 Å². The molecule has 6 N–H and O–H groups in total. The number of hydrogen-bond acceptors (Lipinski definition) is 7. The van der Waals surface area contributed by atoms with Gasteiger partial charge in [-0.2, -0.15) is 13.2 Å². The monoisotopic (exact) mass is 686 g/mol. The zero-order valence-corrected chi connectivity index (χ0v) is 26.7. The van der Waals surface area contributed by atoms with Crippen LogP contribution in [0.15, 0.2) is 109 Å². The molecule has 3 aromatic carbocycles. The first kappa shape index (κ1) is 36.3. The number of imidazole rings is 1. The van der Waals surface area contributed by atoms with E-state index in [1.165, 1.54) is 30.7 Å². The van der Waals surface area contributed by atoms with Crippen LogP contribution in [0.5, 0.6) is 0 Å². The van der Waals surface area contributed by atoms with E-state index in [2.05, 4.69) is 54.7 Å². The number of aromatic amines is 1. The number of carbonyl (C=O) groups excluding carboxylic acids is 4. The molecule has 4 aromatic rings. The van der Waals surface area contributed by atoms with Crippen molar-refractivity contribution in [1.82, 2.24) is 20.6 Å². The number of nitrogens with zero attached hydrogens (tertiary/aromatic N) is 2. The lowest BCUT2D eigenvalue weighted by molar-refractivity contribution is -0.137. The number of hydrogen-bond donors (Lipinski definition) is 6. The molecule has 1 atom stereocenters. The topological polar surface area (TPSA) is 169 Å². The van der Waals surface area contributed by atoms with Gasteiger partial charge in [0.05, 0.1) is 17.6 Å². The normalized spacial score (nSPS) is 11.7. The van der Waals surface area contributed by atoms with E-state index in [0.717, 1.165) is 24.3 Å². The Morgan fingerprint density at radius 2 is 1.70 bits per heavy atom. The Morgan fingerprint density at radius 1 is 0.960 bits per heavy atom. The van der Waals surface area contributed by atoms with E-state index in [1.54, 1.807) is 43.5 Å². The van der Waals surface area contributed by atoms with E-state index in [-0.39, 0.29) is 35.6 Å². The van der Waals surface area contributed by atoms with Crippen molar-refractivity contribution >= 4 is 46.9 Å². The van der Waals surface area contributed by atoms with Gasteiger partial charge in [0.2, 0.25) is 11.8 Å². The highest BCUT2D eigenvalue weighted by molar-refractivity contribution is 6.06. The van der Waals surface area contributed by atoms with Gasteiger partial charge < -0.3 is 31.6 Å². The van der Waals surface area contributed by atoms with Crippen molar-refractivity contribution in [2.24, 2.45) is 4.99 Å². The summed E-state index contributed by atoms with van der Waals surface area (Å²) in [7, 11) is 0. The second-order valence-corrected chi connectivity index (χ2v) is 10.8. The van der Waals surface area contributed by atoms with Crippen molar-refractivity contribution in [3.8, 4) is 0 Å². The molecule has 0 saturated carbocycles. The van der Waals surface area contributed by atoms with Crippen molar-refractivity contribution in [1.29, 1.82) is 0 Å². The van der Waals surface area contributed by atoms with E-state index in [1.807, 2.05) is 0 Å². The number of nitrogens with one attached hydrogen (secondary N) is 6. The molecule has 258 valence electrons. The zero-order valence-electron chi connectivity index (χ0n) is 26.7. The molecule has 0 bridgehead atoms. The predicted molar refractivity (Wildman–Crippen MR) is 184 cm³/mol. The standard InChI is InChI=1S/C35H33F3N8O4/c1-4-31(47)46-30(16-28-18-40-20-42-28)34(50)45-26-10-6-9-25(14-26)41-19-39-17-22(3)43-33(49)29-15-27(12-11-21(29)2)44-32(48)23-7-5-8-24(13-23)35(36,37)38/h4-15,17-18,20,30,41H,1,3,16,19H2,2H3,(H,40,42)(H,43,49)(H,44,48)(H,45,50)(H,46,47)/b39-17-/t30-/m1/s1. The molecule has 0 spiro atoms. The molecule has 15 heteroatoms. The number of alkyl halides is 3. The van der Waals surface area contributed by atoms with Gasteiger partial charge in [0.25, 0.3) is 11.8 Å². The average molecular weight is 687 g/mol. The fourth-order valence-corrected chi connectivity index (χ4v) is 4.52. The molecule has 0 radical (unpaired) electrons. The van der Waals surface area contributed by atoms with Crippen LogP contribution in [0.3, 0.4) is 0 Å². The molecule has 0 unspecified atom stereocenters. The predicted octanol–water partition coefficient (Wildman–Crippen LogP) is 5.23. The van der Waals surface area contributed by atoms with E-state index in [9.17, 15) is 32.3 Å². The number of halogens is 3. The zero-order chi connectivity index (χ0) is 36.3. The highest BCUT2D eigenvalue weighted by atomic mass is 19.4. The molecule has 0 aliphatic carbocycles. The van der Waals surface area contributed by atoms with E-state index in [0.29, 0.717) is 22.6 Å². The van der Waals surface area contributed by atoms with Gasteiger partial charge in [0.1, 0.15) is 12.7 Å². The van der Waals surface area contributed by atoms with Crippen molar-refractivity contribution in [2.45, 2.75) is 25.6 Å². The van der Waals surface area contributed by atoms with Gasteiger partial charge in [-0.15, -0.1) is 0 Å². The van der Waals surface area contributed by atoms with Gasteiger partial charge in [0, 0.05) is 52.7 Å². The Kier molecular flexibility index (Phi) is 12.0. The van der Waals surface area contributed by atoms with E-state index >= 15 is 0 Å². The summed E-state index contributed by atoms with van der Waals surface area (Å²) < 4.78 is 39.2. The SMILES string of the molecule is C=CC(=O)N[C@H](Cc1cnc[nH]1)C(=O)Nc1cccc(NC/N=C\C(=C)NC(=O)c2cc(NC(=O)c3cccc(C(F)(F)F)c3)ccc2C)c1. The average Bonchev–Trinajstić information content (AvgIpc) is 3.60. The van der Waals surface area contributed by atoms with Crippen LogP contribution in [0.1, 0.15) is 37.5 Å². The second kappa shape index (κ2) is 16.5. The molecular weight excluding hydrogens is 653 g/mol. The van der Waals surface area contributed by atoms with Crippen molar-refractivity contribution in [2.75, 3.05) is 22.6 Å². The first-order valence-electron chi connectivity index (χ1n) is 15.0. The van der Waals surface area contributed by atoms with Crippen molar-refractivity contribution < 1.29 is 32.3 Å². The van der Waals surface area contributed by atoms with Crippen LogP contribution in [0.2, 0.25) is 0 Å². The van der Waals surface area contributed by atoms with Crippen LogP contribution in [0, 0.1) is 6.92 Å². The van der Waals surface area contributed by atoms with Crippen molar-refractivity contribution in [3.63, 3.8) is 0 Å². The molecule has 1 aromatic heterocycles. The fraction of sp³-hybridized carbons (Fsp3) is 0.143. The summed E-state index contributed by atoms with van der Waals surface area (Å²) in [5.41, 5.74) is 1.75. The quantitative estimate of drug-likeness (QED) is 0.0785. The molecule has 0 saturated heterocycles. The molecule has 4 amide bonds. The Balaban J connectivity index is 1.30. The third-order valence-corrected chi connectivity index (χ3v) is 7.02. The van der Waals surface area contributed by atoms with Crippen LogP contribution >= 0.6 is 0 Å². The highest BCUT2D eigenvalue weighted by Crippen LogP contribution is 2.29. The van der Waals surface area contributed by atoms with Crippen LogP contribution in [-0.4, -0.2) is 52.5 Å². The van der Waals surface area contributed by atoms with E-state index in [4.69, 9.17) is 0 Å². The Hall–Kier alpha value is -6.51. The van der Waals surface area contributed by atoms with Gasteiger partial charge >= 0.3 is 6.18 Å². The largest absolute Gasteiger partial charge is 0.416 e. The summed E-state index contributed by atoms with van der Waals surface area (Å²) >= 11 is 0. The number of benzene rings is 3. The summed E-state index contributed by atoms with van der Waals surface area (Å²) in [5, 5.41) is 13.6. The Labute approximate surface area is 285 Å². The number of H-pyrrole nitrogens is 1. The summed E-state index contributed by atoms with van der Waals surface area (Å²) in [6, 6.07) is 14.5. The number of carbonyl (C=O) groups is 4. The lowest BCUT2D eigenvalue weighted by Gasteiger charge is -2.17. The number of aryl methyl sites for hydroxylation is 1. The van der Waals surface area contributed by atoms with Gasteiger partial charge in [-0.25, -0.2) is 4.98 Å². The summed E-state index contributed by atoms with van der Waals surface area (Å²) in [5.74, 6) is -2.26. The Bertz CT molecular complexity index is 1920. The van der Waals surface area contributed by atoms with Crippen LogP contribution in [0.4, 0.5) is 30.2 Å². The number of anilines is 3. The number of allylic oxidation sites excluding steroid dienone is 1. The first-order chi connectivity index (χ1) is 23.8. The molecular formula is C35H33F3N8O4. The molecule has 0 fully saturated rings. The lowest BCUT2D eigenvalue weighted by Crippen LogP contribution is -2.44. The maximum Gasteiger partial charge on any atom is 0.416 e. The smallest absolute Gasteiger partial charge is 0.366 e. The number of aromatic nitrogens is 2. The van der Waals surface area contributed by atoms with Gasteiger partial charge in [-0.3, -0.25) is 24.2 Å². The number of amides is 4. The van der Waals surface area contributed by atoms with Gasteiger partial charge in [-0.05, 0) is 67.1 Å². The maximum absolute atomic E-state index is 13.1. The number of rotatable bonds is 14. The molecule has 0 aliphatic rings.